The van der Waals surface area contributed by atoms with Gasteiger partial charge in [-0.25, -0.2) is 0 Å². The third kappa shape index (κ3) is 3.67. The van der Waals surface area contributed by atoms with Crippen molar-refractivity contribution < 1.29 is 4.79 Å². The van der Waals surface area contributed by atoms with Crippen LogP contribution < -0.4 is 4.90 Å². The van der Waals surface area contributed by atoms with Crippen LogP contribution in [0.1, 0.15) is 22.3 Å². The predicted octanol–water partition coefficient (Wildman–Crippen LogP) is 5.28. The molecule has 1 aliphatic heterocycles. The van der Waals surface area contributed by atoms with Gasteiger partial charge < -0.3 is 4.90 Å². The van der Waals surface area contributed by atoms with Crippen LogP contribution in [0.15, 0.2) is 96.0 Å². The highest BCUT2D eigenvalue weighted by atomic mass is 32.2. The van der Waals surface area contributed by atoms with Crippen molar-refractivity contribution >= 4 is 28.5 Å². The number of thioether (sulfide) groups is 1. The van der Waals surface area contributed by atoms with Gasteiger partial charge in [0.05, 0.1) is 11.2 Å². The molecule has 3 aromatic carbocycles. The van der Waals surface area contributed by atoms with E-state index in [1.54, 1.807) is 11.8 Å². The second kappa shape index (κ2) is 7.80. The van der Waals surface area contributed by atoms with Crippen molar-refractivity contribution in [2.75, 3.05) is 11.9 Å². The Hall–Kier alpha value is -2.85. The molecule has 3 aromatic rings. The number of benzene rings is 3. The molecule has 0 aromatic heterocycles. The number of nitrogens with zero attached hydrogens (tertiary/aromatic N) is 2. The maximum atomic E-state index is 13.1. The van der Waals surface area contributed by atoms with Crippen LogP contribution in [0.5, 0.6) is 0 Å². The molecule has 0 fully saturated rings. The summed E-state index contributed by atoms with van der Waals surface area (Å²) >= 11 is 1.65. The minimum atomic E-state index is -0.286. The molecule has 1 amide bonds. The topological polar surface area (TPSA) is 32.7 Å². The monoisotopic (exact) mass is 372 g/mol. The minimum Gasteiger partial charge on any atom is -0.324 e. The van der Waals surface area contributed by atoms with E-state index in [1.165, 1.54) is 0 Å². The SMILES string of the molecule is CN(C1=NC(=O)[C@@H](c2ccccc2)[C@@H](c2ccccc2)S1)c1ccccc1. The summed E-state index contributed by atoms with van der Waals surface area (Å²) in [5.41, 5.74) is 3.16. The van der Waals surface area contributed by atoms with Crippen molar-refractivity contribution in [2.24, 2.45) is 4.99 Å². The molecule has 0 unspecified atom stereocenters. The minimum absolute atomic E-state index is 0.0141. The zero-order valence-corrected chi connectivity index (χ0v) is 15.8. The predicted molar refractivity (Wildman–Crippen MR) is 113 cm³/mol. The number of aliphatic imine (C=N–C) groups is 1. The first-order chi connectivity index (χ1) is 13.2. The van der Waals surface area contributed by atoms with E-state index in [-0.39, 0.29) is 17.1 Å². The smallest absolute Gasteiger partial charge is 0.257 e. The lowest BCUT2D eigenvalue weighted by molar-refractivity contribution is -0.119. The number of carbonyl (C=O) groups excluding carboxylic acids is 1. The van der Waals surface area contributed by atoms with Gasteiger partial charge in [0, 0.05) is 12.7 Å². The van der Waals surface area contributed by atoms with Crippen LogP contribution in [-0.4, -0.2) is 18.1 Å². The molecular formula is C23H20N2OS. The van der Waals surface area contributed by atoms with E-state index >= 15 is 0 Å². The third-order valence-corrected chi connectivity index (χ3v) is 6.10. The fraction of sp³-hybridized carbons (Fsp3) is 0.130. The summed E-state index contributed by atoms with van der Waals surface area (Å²) in [4.78, 5) is 19.5. The fourth-order valence-electron chi connectivity index (χ4n) is 3.30. The van der Waals surface area contributed by atoms with E-state index in [1.807, 2.05) is 90.8 Å². The number of hydrogen-bond acceptors (Lipinski definition) is 3. The summed E-state index contributed by atoms with van der Waals surface area (Å²) in [5.74, 6) is -0.377. The van der Waals surface area contributed by atoms with Gasteiger partial charge >= 0.3 is 0 Å². The Balaban J connectivity index is 1.75. The third-order valence-electron chi connectivity index (χ3n) is 4.72. The number of amidine groups is 1. The molecule has 0 bridgehead atoms. The number of anilines is 1. The second-order valence-corrected chi connectivity index (χ2v) is 7.57. The quantitative estimate of drug-likeness (QED) is 0.627. The molecule has 1 aliphatic rings. The molecule has 4 rings (SSSR count). The summed E-state index contributed by atoms with van der Waals surface area (Å²) in [6, 6.07) is 30.2. The lowest BCUT2D eigenvalue weighted by atomic mass is 9.90. The average Bonchev–Trinajstić information content (AvgIpc) is 2.74. The lowest BCUT2D eigenvalue weighted by Crippen LogP contribution is -2.32. The van der Waals surface area contributed by atoms with Crippen LogP contribution in [0.25, 0.3) is 0 Å². The van der Waals surface area contributed by atoms with Crippen LogP contribution in [0.4, 0.5) is 5.69 Å². The largest absolute Gasteiger partial charge is 0.324 e. The fourth-order valence-corrected chi connectivity index (χ4v) is 4.63. The highest BCUT2D eigenvalue weighted by Crippen LogP contribution is 2.46. The molecule has 0 saturated carbocycles. The van der Waals surface area contributed by atoms with Gasteiger partial charge in [0.1, 0.15) is 0 Å². The van der Waals surface area contributed by atoms with Gasteiger partial charge in [-0.1, -0.05) is 90.6 Å². The summed E-state index contributed by atoms with van der Waals surface area (Å²) in [6.07, 6.45) is 0. The molecule has 2 atom stereocenters. The first-order valence-electron chi connectivity index (χ1n) is 8.92. The second-order valence-electron chi connectivity index (χ2n) is 6.46. The zero-order valence-electron chi connectivity index (χ0n) is 15.0. The Morgan fingerprint density at radius 2 is 1.30 bits per heavy atom. The van der Waals surface area contributed by atoms with Gasteiger partial charge in [-0.05, 0) is 23.3 Å². The zero-order chi connectivity index (χ0) is 18.6. The van der Waals surface area contributed by atoms with E-state index in [9.17, 15) is 4.79 Å². The van der Waals surface area contributed by atoms with Crippen molar-refractivity contribution in [3.8, 4) is 0 Å². The molecule has 0 saturated heterocycles. The van der Waals surface area contributed by atoms with Gasteiger partial charge in [-0.3, -0.25) is 4.79 Å². The Kier molecular flexibility index (Phi) is 5.07. The molecular weight excluding hydrogens is 352 g/mol. The molecule has 3 nitrogen and oxygen atoms in total. The van der Waals surface area contributed by atoms with Crippen molar-refractivity contribution in [1.82, 2.24) is 0 Å². The maximum Gasteiger partial charge on any atom is 0.257 e. The van der Waals surface area contributed by atoms with E-state index in [0.717, 1.165) is 22.0 Å². The van der Waals surface area contributed by atoms with Crippen LogP contribution in [0, 0.1) is 0 Å². The molecule has 134 valence electrons. The maximum absolute atomic E-state index is 13.1. The number of amides is 1. The Bertz CT molecular complexity index is 942. The van der Waals surface area contributed by atoms with Crippen molar-refractivity contribution in [3.63, 3.8) is 0 Å². The molecule has 1 heterocycles. The highest BCUT2D eigenvalue weighted by molar-refractivity contribution is 8.14. The van der Waals surface area contributed by atoms with Gasteiger partial charge in [0.15, 0.2) is 5.17 Å². The number of hydrogen-bond donors (Lipinski definition) is 0. The standard InChI is InChI=1S/C23H20N2OS/c1-25(19-15-9-4-10-16-19)23-24-22(26)20(17-11-5-2-6-12-17)21(27-23)18-13-7-3-8-14-18/h2-16,20-21H,1H3/t20-,21+/m0/s1. The van der Waals surface area contributed by atoms with Gasteiger partial charge in [-0.2, -0.15) is 4.99 Å². The van der Waals surface area contributed by atoms with Gasteiger partial charge in [0.25, 0.3) is 5.91 Å². The van der Waals surface area contributed by atoms with Crippen molar-refractivity contribution in [1.29, 1.82) is 0 Å². The van der Waals surface area contributed by atoms with Crippen LogP contribution in [0.3, 0.4) is 0 Å². The molecule has 0 N–H and O–H groups in total. The lowest BCUT2D eigenvalue weighted by Gasteiger charge is -2.32. The summed E-state index contributed by atoms with van der Waals surface area (Å²) in [5, 5.41) is 0.715. The molecule has 27 heavy (non-hydrogen) atoms. The highest BCUT2D eigenvalue weighted by Gasteiger charge is 2.37. The first kappa shape index (κ1) is 17.6. The Morgan fingerprint density at radius 3 is 1.89 bits per heavy atom. The van der Waals surface area contributed by atoms with Gasteiger partial charge in [-0.15, -0.1) is 0 Å². The molecule has 0 spiro atoms. The van der Waals surface area contributed by atoms with Crippen molar-refractivity contribution in [3.05, 3.63) is 102 Å². The van der Waals surface area contributed by atoms with Gasteiger partial charge in [0.2, 0.25) is 0 Å². The van der Waals surface area contributed by atoms with Crippen molar-refractivity contribution in [2.45, 2.75) is 11.2 Å². The summed E-state index contributed by atoms with van der Waals surface area (Å²) in [7, 11) is 1.96. The Labute approximate surface area is 163 Å². The number of rotatable bonds is 3. The molecule has 4 heteroatoms. The molecule has 0 aliphatic carbocycles. The summed E-state index contributed by atoms with van der Waals surface area (Å²) in [6.45, 7) is 0. The number of para-hydroxylation sites is 1. The average molecular weight is 372 g/mol. The van der Waals surface area contributed by atoms with Crippen LogP contribution >= 0.6 is 11.8 Å². The Morgan fingerprint density at radius 1 is 0.778 bits per heavy atom. The molecule has 0 radical (unpaired) electrons. The number of carbonyl (C=O) groups is 1. The van der Waals surface area contributed by atoms with E-state index in [0.29, 0.717) is 0 Å². The van der Waals surface area contributed by atoms with E-state index in [4.69, 9.17) is 0 Å². The van der Waals surface area contributed by atoms with E-state index in [2.05, 4.69) is 17.1 Å². The summed E-state index contributed by atoms with van der Waals surface area (Å²) < 4.78 is 0. The normalized spacial score (nSPS) is 19.4. The first-order valence-corrected chi connectivity index (χ1v) is 9.80. The van der Waals surface area contributed by atoms with E-state index < -0.39 is 0 Å². The van der Waals surface area contributed by atoms with Crippen LogP contribution in [-0.2, 0) is 4.79 Å². The van der Waals surface area contributed by atoms with Crippen LogP contribution in [0.2, 0.25) is 0 Å².